The second-order valence-electron chi connectivity index (χ2n) is 6.16. The lowest BCUT2D eigenvalue weighted by Gasteiger charge is -2.08. The first kappa shape index (κ1) is 19.0. The molecule has 0 saturated heterocycles. The van der Waals surface area contributed by atoms with Crippen molar-refractivity contribution in [3.05, 3.63) is 88.0 Å². The third kappa shape index (κ3) is 4.32. The Kier molecular flexibility index (Phi) is 5.96. The van der Waals surface area contributed by atoms with Crippen LogP contribution in [-0.2, 0) is 22.6 Å². The van der Waals surface area contributed by atoms with E-state index in [0.717, 1.165) is 10.9 Å². The van der Waals surface area contributed by atoms with Gasteiger partial charge in [0.05, 0.1) is 10.3 Å². The number of carbonyl (C=O) groups excluding carboxylic acids is 1. The number of esters is 1. The van der Waals surface area contributed by atoms with Gasteiger partial charge in [-0.25, -0.2) is 4.79 Å². The maximum absolute atomic E-state index is 12.2. The van der Waals surface area contributed by atoms with Crippen molar-refractivity contribution in [1.82, 2.24) is 0 Å². The van der Waals surface area contributed by atoms with Crippen LogP contribution < -0.4 is 0 Å². The molecule has 0 saturated carbocycles. The molecule has 0 aromatic heterocycles. The lowest BCUT2D eigenvalue weighted by molar-refractivity contribution is -0.383. The topological polar surface area (TPSA) is 102 Å². The summed E-state index contributed by atoms with van der Waals surface area (Å²) in [5.74, 6) is -0.755. The number of aryl methyl sites for hydroxylation is 1. The van der Waals surface area contributed by atoms with Crippen LogP contribution in [0.4, 0.5) is 5.69 Å². The maximum atomic E-state index is 12.2. The van der Waals surface area contributed by atoms with E-state index in [1.165, 1.54) is 0 Å². The molecular formula is C21H18N2O5. The molecule has 0 bridgehead atoms. The minimum Gasteiger partial charge on any atom is -0.456 e. The van der Waals surface area contributed by atoms with Crippen molar-refractivity contribution in [2.45, 2.75) is 19.4 Å². The molecule has 0 fully saturated rings. The highest BCUT2D eigenvalue weighted by atomic mass is 16.6. The predicted molar refractivity (Wildman–Crippen MR) is 104 cm³/mol. The summed E-state index contributed by atoms with van der Waals surface area (Å²) in [6, 6.07) is 19.6. The van der Waals surface area contributed by atoms with E-state index in [1.807, 2.05) is 36.4 Å². The number of hydrogen-bond donors (Lipinski definition) is 1. The Morgan fingerprint density at radius 1 is 1.04 bits per heavy atom. The van der Waals surface area contributed by atoms with Gasteiger partial charge in [-0.05, 0) is 23.4 Å². The molecule has 3 aromatic carbocycles. The molecular weight excluding hydrogens is 360 g/mol. The van der Waals surface area contributed by atoms with E-state index in [0.29, 0.717) is 10.9 Å². The number of hydrogen-bond acceptors (Lipinski definition) is 6. The van der Waals surface area contributed by atoms with Gasteiger partial charge in [-0.15, -0.1) is 0 Å². The first-order valence-electron chi connectivity index (χ1n) is 8.67. The summed E-state index contributed by atoms with van der Waals surface area (Å²) in [6.07, 6.45) is 0.185. The molecule has 3 rings (SSSR count). The molecule has 1 N–H and O–H groups in total. The summed E-state index contributed by atoms with van der Waals surface area (Å²) in [6.45, 7) is 0.0504. The van der Waals surface area contributed by atoms with Gasteiger partial charge in [-0.1, -0.05) is 65.8 Å². The highest BCUT2D eigenvalue weighted by Gasteiger charge is 2.21. The highest BCUT2D eigenvalue weighted by molar-refractivity contribution is 6.36. The average molecular weight is 378 g/mol. The Bertz CT molecular complexity index is 1030. The van der Waals surface area contributed by atoms with E-state index in [-0.39, 0.29) is 30.8 Å². The Balaban J connectivity index is 1.72. The van der Waals surface area contributed by atoms with Gasteiger partial charge in [0.25, 0.3) is 5.69 Å². The van der Waals surface area contributed by atoms with Gasteiger partial charge in [-0.2, -0.15) is 0 Å². The number of carbonyl (C=O) groups is 1. The van der Waals surface area contributed by atoms with Crippen molar-refractivity contribution in [2.24, 2.45) is 5.16 Å². The van der Waals surface area contributed by atoms with Crippen LogP contribution in [0.5, 0.6) is 0 Å². The Morgan fingerprint density at radius 2 is 1.75 bits per heavy atom. The number of nitrogens with zero attached hydrogens (tertiary/aromatic N) is 2. The van der Waals surface area contributed by atoms with Crippen LogP contribution in [-0.4, -0.2) is 21.8 Å². The van der Waals surface area contributed by atoms with Crippen LogP contribution in [0, 0.1) is 10.1 Å². The number of rotatable bonds is 7. The monoisotopic (exact) mass is 378 g/mol. The molecule has 0 heterocycles. The second kappa shape index (κ2) is 8.77. The Hall–Kier alpha value is -3.74. The molecule has 142 valence electrons. The lowest BCUT2D eigenvalue weighted by Crippen LogP contribution is -2.18. The predicted octanol–water partition coefficient (Wildman–Crippen LogP) is 4.25. The van der Waals surface area contributed by atoms with Gasteiger partial charge in [0.1, 0.15) is 6.61 Å². The van der Waals surface area contributed by atoms with Gasteiger partial charge in [-0.3, -0.25) is 10.1 Å². The number of nitro benzene ring substituents is 1. The fourth-order valence-electron chi connectivity index (χ4n) is 2.97. The largest absolute Gasteiger partial charge is 0.456 e. The zero-order valence-corrected chi connectivity index (χ0v) is 14.9. The van der Waals surface area contributed by atoms with E-state index in [9.17, 15) is 20.1 Å². The van der Waals surface area contributed by atoms with Gasteiger partial charge in [0.2, 0.25) is 0 Å². The Labute approximate surface area is 161 Å². The van der Waals surface area contributed by atoms with Crippen LogP contribution in [0.3, 0.4) is 0 Å². The highest BCUT2D eigenvalue weighted by Crippen LogP contribution is 2.30. The number of benzene rings is 3. The third-order valence-corrected chi connectivity index (χ3v) is 4.37. The zero-order chi connectivity index (χ0) is 19.9. The summed E-state index contributed by atoms with van der Waals surface area (Å²) in [4.78, 5) is 23.3. The molecule has 0 aliphatic carbocycles. The summed E-state index contributed by atoms with van der Waals surface area (Å²) in [5, 5.41) is 25.1. The molecule has 0 atom stereocenters. The first-order valence-corrected chi connectivity index (χ1v) is 8.67. The smallest absolute Gasteiger partial charge is 0.356 e. The SMILES string of the molecule is O=C(OCc1ccccc1)C(CCc1ccc2ccccc2c1[N+](=O)[O-])=NO. The molecule has 28 heavy (non-hydrogen) atoms. The van der Waals surface area contributed by atoms with E-state index < -0.39 is 10.9 Å². The van der Waals surface area contributed by atoms with Gasteiger partial charge in [0, 0.05) is 12.0 Å². The number of nitro groups is 1. The number of fused-ring (bicyclic) bond motifs is 1. The molecule has 3 aromatic rings. The standard InChI is InChI=1S/C21H18N2O5/c24-21(28-14-15-6-2-1-3-7-15)19(22-25)13-12-17-11-10-16-8-4-5-9-18(16)20(17)23(26)27/h1-11,25H,12-14H2. The van der Waals surface area contributed by atoms with Gasteiger partial charge in [0.15, 0.2) is 5.71 Å². The summed E-state index contributed by atoms with van der Waals surface area (Å²) in [5.41, 5.74) is 1.07. The molecule has 0 aliphatic rings. The van der Waals surface area contributed by atoms with E-state index in [4.69, 9.17) is 4.74 Å². The van der Waals surface area contributed by atoms with E-state index in [1.54, 1.807) is 30.3 Å². The number of oxime groups is 1. The summed E-state index contributed by atoms with van der Waals surface area (Å²) < 4.78 is 5.15. The van der Waals surface area contributed by atoms with Crippen molar-refractivity contribution in [2.75, 3.05) is 0 Å². The van der Waals surface area contributed by atoms with Crippen LogP contribution >= 0.6 is 0 Å². The Morgan fingerprint density at radius 3 is 2.46 bits per heavy atom. The van der Waals surface area contributed by atoms with Crippen LogP contribution in [0.25, 0.3) is 10.8 Å². The quantitative estimate of drug-likeness (QED) is 0.218. The van der Waals surface area contributed by atoms with Crippen molar-refractivity contribution in [1.29, 1.82) is 0 Å². The number of ether oxygens (including phenoxy) is 1. The minimum absolute atomic E-state index is 0.00644. The normalized spacial score (nSPS) is 11.4. The minimum atomic E-state index is -0.755. The molecule has 0 amide bonds. The van der Waals surface area contributed by atoms with Crippen molar-refractivity contribution in [3.63, 3.8) is 0 Å². The van der Waals surface area contributed by atoms with E-state index in [2.05, 4.69) is 5.16 Å². The van der Waals surface area contributed by atoms with Gasteiger partial charge >= 0.3 is 5.97 Å². The average Bonchev–Trinajstić information content (AvgIpc) is 2.72. The fraction of sp³-hybridized carbons (Fsp3) is 0.143. The molecule has 0 radical (unpaired) electrons. The van der Waals surface area contributed by atoms with Gasteiger partial charge < -0.3 is 9.94 Å². The zero-order valence-electron chi connectivity index (χ0n) is 14.9. The van der Waals surface area contributed by atoms with Crippen LogP contribution in [0.1, 0.15) is 17.5 Å². The van der Waals surface area contributed by atoms with Crippen LogP contribution in [0.2, 0.25) is 0 Å². The van der Waals surface area contributed by atoms with Crippen molar-refractivity contribution in [3.8, 4) is 0 Å². The fourth-order valence-corrected chi connectivity index (χ4v) is 2.97. The van der Waals surface area contributed by atoms with E-state index >= 15 is 0 Å². The molecule has 7 nitrogen and oxygen atoms in total. The summed E-state index contributed by atoms with van der Waals surface area (Å²) >= 11 is 0. The summed E-state index contributed by atoms with van der Waals surface area (Å²) in [7, 11) is 0. The molecule has 7 heteroatoms. The maximum Gasteiger partial charge on any atom is 0.356 e. The molecule has 0 spiro atoms. The molecule has 0 aliphatic heterocycles. The second-order valence-corrected chi connectivity index (χ2v) is 6.16. The van der Waals surface area contributed by atoms with Crippen molar-refractivity contribution >= 4 is 28.1 Å². The lowest BCUT2D eigenvalue weighted by atomic mass is 10.00. The first-order chi connectivity index (χ1) is 13.6. The molecule has 0 unspecified atom stereocenters. The van der Waals surface area contributed by atoms with Crippen LogP contribution in [0.15, 0.2) is 71.9 Å². The third-order valence-electron chi connectivity index (χ3n) is 4.37. The van der Waals surface area contributed by atoms with Crippen molar-refractivity contribution < 1.29 is 19.7 Å².